The van der Waals surface area contributed by atoms with Crippen molar-refractivity contribution in [2.75, 3.05) is 13.1 Å². The molecule has 1 saturated heterocycles. The highest BCUT2D eigenvalue weighted by atomic mass is 16.2. The lowest BCUT2D eigenvalue weighted by atomic mass is 10.1. The molecule has 4 nitrogen and oxygen atoms in total. The molecule has 2 fully saturated rings. The highest BCUT2D eigenvalue weighted by Crippen LogP contribution is 2.34. The zero-order valence-electron chi connectivity index (χ0n) is 7.82. The number of rotatable bonds is 2. The minimum Gasteiger partial charge on any atom is -0.342 e. The van der Waals surface area contributed by atoms with Gasteiger partial charge in [0.05, 0.1) is 6.54 Å². The van der Waals surface area contributed by atoms with E-state index >= 15 is 0 Å². The monoisotopic (exact) mass is 192 g/mol. The molecule has 1 aliphatic carbocycles. The minimum atomic E-state index is -0.315. The van der Waals surface area contributed by atoms with Crippen molar-refractivity contribution in [2.45, 2.75) is 18.9 Å². The van der Waals surface area contributed by atoms with Crippen LogP contribution in [0.15, 0.2) is 0 Å². The van der Waals surface area contributed by atoms with Crippen LogP contribution in [0.1, 0.15) is 12.8 Å². The van der Waals surface area contributed by atoms with Crippen LogP contribution >= 0.6 is 0 Å². The first-order chi connectivity index (χ1) is 6.72. The normalized spacial score (nSPS) is 27.1. The zero-order valence-corrected chi connectivity index (χ0v) is 7.82. The predicted molar refractivity (Wildman–Crippen MR) is 50.1 cm³/mol. The summed E-state index contributed by atoms with van der Waals surface area (Å²) in [5, 5.41) is 2.72. The highest BCUT2D eigenvalue weighted by Gasteiger charge is 2.42. The second-order valence-corrected chi connectivity index (χ2v) is 3.78. The van der Waals surface area contributed by atoms with Crippen LogP contribution in [0.4, 0.5) is 0 Å². The van der Waals surface area contributed by atoms with Crippen LogP contribution in [0.5, 0.6) is 0 Å². The van der Waals surface area contributed by atoms with Gasteiger partial charge >= 0.3 is 0 Å². The van der Waals surface area contributed by atoms with Crippen molar-refractivity contribution in [1.29, 1.82) is 0 Å². The summed E-state index contributed by atoms with van der Waals surface area (Å²) in [5.74, 6) is 2.61. The average Bonchev–Trinajstić information content (AvgIpc) is 2.94. The van der Waals surface area contributed by atoms with Crippen molar-refractivity contribution in [2.24, 2.45) is 5.92 Å². The van der Waals surface area contributed by atoms with Gasteiger partial charge in [-0.2, -0.15) is 0 Å². The Hall–Kier alpha value is -1.50. The second-order valence-electron chi connectivity index (χ2n) is 3.78. The van der Waals surface area contributed by atoms with Crippen LogP contribution < -0.4 is 5.32 Å². The molecule has 2 amide bonds. The topological polar surface area (TPSA) is 49.4 Å². The Morgan fingerprint density at radius 3 is 2.79 bits per heavy atom. The largest absolute Gasteiger partial charge is 0.342 e. The van der Waals surface area contributed by atoms with Gasteiger partial charge in [0.15, 0.2) is 0 Å². The molecule has 2 rings (SSSR count). The fourth-order valence-electron chi connectivity index (χ4n) is 1.72. The number of carbonyl (C=O) groups excluding carboxylic acids is 2. The molecule has 1 aliphatic heterocycles. The number of hydrogen-bond donors (Lipinski definition) is 1. The van der Waals surface area contributed by atoms with Crippen molar-refractivity contribution in [1.82, 2.24) is 10.2 Å². The van der Waals surface area contributed by atoms with E-state index in [-0.39, 0.29) is 30.9 Å². The quantitative estimate of drug-likeness (QED) is 0.591. The molecule has 0 aromatic heterocycles. The molecular formula is C10H12N2O2. The van der Waals surface area contributed by atoms with Crippen molar-refractivity contribution < 1.29 is 9.59 Å². The summed E-state index contributed by atoms with van der Waals surface area (Å²) in [7, 11) is 0. The molecule has 0 spiro atoms. The predicted octanol–water partition coefficient (Wildman–Crippen LogP) is -0.643. The Bertz CT molecular complexity index is 315. The molecule has 1 N–H and O–H groups in total. The smallest absolute Gasteiger partial charge is 0.246 e. The number of terminal acetylenes is 1. The summed E-state index contributed by atoms with van der Waals surface area (Å²) >= 11 is 0. The first-order valence-corrected chi connectivity index (χ1v) is 4.74. The Balaban J connectivity index is 2.08. The van der Waals surface area contributed by atoms with Crippen molar-refractivity contribution in [3.05, 3.63) is 0 Å². The third-order valence-electron chi connectivity index (χ3n) is 2.60. The van der Waals surface area contributed by atoms with Crippen molar-refractivity contribution >= 4 is 11.8 Å². The van der Waals surface area contributed by atoms with E-state index in [0.717, 1.165) is 12.8 Å². The van der Waals surface area contributed by atoms with Gasteiger partial charge in [-0.1, -0.05) is 5.92 Å². The summed E-state index contributed by atoms with van der Waals surface area (Å²) in [5.41, 5.74) is 0. The van der Waals surface area contributed by atoms with Crippen LogP contribution in [0.3, 0.4) is 0 Å². The SMILES string of the molecule is C#CCN1CC(=O)NC(C2CC2)C1=O. The molecule has 1 saturated carbocycles. The first kappa shape index (κ1) is 9.07. The standard InChI is InChI=1S/C10H12N2O2/c1-2-5-12-6-8(13)11-9(10(12)14)7-3-4-7/h1,7,9H,3-6H2,(H,11,13). The van der Waals surface area contributed by atoms with Gasteiger partial charge in [0, 0.05) is 0 Å². The molecule has 4 heteroatoms. The summed E-state index contributed by atoms with van der Waals surface area (Å²) in [6.07, 6.45) is 7.19. The number of amides is 2. The van der Waals surface area contributed by atoms with Crippen LogP contribution in [-0.2, 0) is 9.59 Å². The van der Waals surface area contributed by atoms with Gasteiger partial charge in [-0.3, -0.25) is 9.59 Å². The maximum Gasteiger partial charge on any atom is 0.246 e. The van der Waals surface area contributed by atoms with Gasteiger partial charge in [-0.05, 0) is 18.8 Å². The van der Waals surface area contributed by atoms with E-state index in [2.05, 4.69) is 11.2 Å². The molecule has 0 aromatic rings. The van der Waals surface area contributed by atoms with Crippen molar-refractivity contribution in [3.63, 3.8) is 0 Å². The summed E-state index contributed by atoms with van der Waals surface area (Å²) in [4.78, 5) is 24.5. The van der Waals surface area contributed by atoms with E-state index in [9.17, 15) is 9.59 Å². The Kier molecular flexibility index (Phi) is 2.16. The number of carbonyl (C=O) groups is 2. The molecule has 74 valence electrons. The van der Waals surface area contributed by atoms with E-state index < -0.39 is 0 Å². The van der Waals surface area contributed by atoms with Crippen molar-refractivity contribution in [3.8, 4) is 12.3 Å². The van der Waals surface area contributed by atoms with Crippen LogP contribution in [0.25, 0.3) is 0 Å². The van der Waals surface area contributed by atoms with Gasteiger partial charge in [-0.15, -0.1) is 6.42 Å². The molecule has 0 aromatic carbocycles. The molecule has 1 atom stereocenters. The van der Waals surface area contributed by atoms with Crippen LogP contribution in [0, 0.1) is 18.3 Å². The summed E-state index contributed by atoms with van der Waals surface area (Å²) < 4.78 is 0. The fraction of sp³-hybridized carbons (Fsp3) is 0.600. The number of nitrogens with zero attached hydrogens (tertiary/aromatic N) is 1. The second kappa shape index (κ2) is 3.33. The molecule has 0 bridgehead atoms. The average molecular weight is 192 g/mol. The lowest BCUT2D eigenvalue weighted by Gasteiger charge is -2.31. The van der Waals surface area contributed by atoms with E-state index in [4.69, 9.17) is 6.42 Å². The number of piperazine rings is 1. The van der Waals surface area contributed by atoms with E-state index in [1.165, 1.54) is 4.90 Å². The van der Waals surface area contributed by atoms with E-state index in [1.54, 1.807) is 0 Å². The third-order valence-corrected chi connectivity index (χ3v) is 2.60. The fourth-order valence-corrected chi connectivity index (χ4v) is 1.72. The van der Waals surface area contributed by atoms with Gasteiger partial charge in [-0.25, -0.2) is 0 Å². The third kappa shape index (κ3) is 1.58. The zero-order chi connectivity index (χ0) is 10.1. The Morgan fingerprint density at radius 2 is 2.21 bits per heavy atom. The molecule has 1 heterocycles. The maximum absolute atomic E-state index is 11.8. The Labute approximate surface area is 82.6 Å². The Morgan fingerprint density at radius 1 is 1.50 bits per heavy atom. The minimum absolute atomic E-state index is 0.0231. The molecule has 2 aliphatic rings. The number of hydrogen-bond acceptors (Lipinski definition) is 2. The maximum atomic E-state index is 11.8. The highest BCUT2D eigenvalue weighted by molar-refractivity contribution is 5.95. The molecule has 1 unspecified atom stereocenters. The summed E-state index contributed by atoms with van der Waals surface area (Å²) in [6, 6.07) is -0.315. The van der Waals surface area contributed by atoms with Gasteiger partial charge in [0.2, 0.25) is 11.8 Å². The number of nitrogens with one attached hydrogen (secondary N) is 1. The summed E-state index contributed by atoms with van der Waals surface area (Å²) in [6.45, 7) is 0.335. The lowest BCUT2D eigenvalue weighted by molar-refractivity contribution is -0.144. The van der Waals surface area contributed by atoms with Crippen LogP contribution in [-0.4, -0.2) is 35.8 Å². The lowest BCUT2D eigenvalue weighted by Crippen LogP contribution is -2.58. The molecule has 0 radical (unpaired) electrons. The first-order valence-electron chi connectivity index (χ1n) is 4.74. The van der Waals surface area contributed by atoms with Gasteiger partial charge < -0.3 is 10.2 Å². The molecular weight excluding hydrogens is 180 g/mol. The van der Waals surface area contributed by atoms with Gasteiger partial charge in [0.25, 0.3) is 0 Å². The van der Waals surface area contributed by atoms with E-state index in [0.29, 0.717) is 5.92 Å². The van der Waals surface area contributed by atoms with E-state index in [1.807, 2.05) is 0 Å². The van der Waals surface area contributed by atoms with Gasteiger partial charge in [0.1, 0.15) is 12.6 Å². The van der Waals surface area contributed by atoms with Crippen LogP contribution in [0.2, 0.25) is 0 Å². The molecule has 14 heavy (non-hydrogen) atoms.